The molecule has 0 aliphatic heterocycles. The van der Waals surface area contributed by atoms with Gasteiger partial charge in [-0.3, -0.25) is 14.9 Å². The Hall–Kier alpha value is -6.38. The third-order valence-corrected chi connectivity index (χ3v) is 19.1. The maximum Gasteiger partial charge on any atom is 0.402 e. The van der Waals surface area contributed by atoms with E-state index in [-0.39, 0.29) is 11.8 Å². The Bertz CT molecular complexity index is 2520. The van der Waals surface area contributed by atoms with Crippen molar-refractivity contribution in [2.45, 2.75) is 348 Å². The molecule has 15 heteroatoms. The number of nitrogens with one attached hydrogen (secondary N) is 5. The summed E-state index contributed by atoms with van der Waals surface area (Å²) in [5.41, 5.74) is 8.06. The molecule has 8 amide bonds. The molecule has 5 aromatic carbocycles. The standard InChI is InChI=1S/C62H123N5O4.C20H12.2CH3NO2/c1-3-5-7-9-11-13-15-17-19-21-23-25-31-37-43-49-55-63-59(68)53-47-41-35-29-27-33-39-45-51-57-65-61(70)67-62(71)66-58-52-46-40-34-28-30-36-42-48-54-60(69)64-56-50-44-38-32-26-24-22-20-18-16-14-12-10-8-6-4-2;1-5-13-6-2-11-17-18-12-4-8-14-7-3-10-16(20(14)18)15(9-1)19(13)17;2*2-1(3)4/h3-58H2,1-2H3,(H,63,68)(H,64,69)(H3,65,66,67,70,71);1-12H;2*2H2,(H,3,4). The summed E-state index contributed by atoms with van der Waals surface area (Å²) in [5, 5.41) is 39.5. The number of hydrogen-bond acceptors (Lipinski definition) is 6. The largest absolute Gasteiger partial charge is 0.465 e. The molecule has 0 bridgehead atoms. The molecule has 0 fully saturated rings. The Labute approximate surface area is 599 Å². The zero-order valence-corrected chi connectivity index (χ0v) is 62.5. The SMILES string of the molecule is CCCCCCCCCCCCCCCCCCNC(=O)CCCCCCCCCCCNC(=O)NC(=O)NCCCCCCCCCCCC(=O)NCCCCCCCCCCCCCCCCCC.NC(=O)O.NC(=O)O.c1cc2cccc3c4cccc5cccc(c(c1)c23)c54. The smallest absolute Gasteiger partial charge is 0.402 e. The Morgan fingerprint density at radius 2 is 0.455 bits per heavy atom. The number of carbonyl (C=O) groups is 6. The molecule has 11 N–H and O–H groups in total. The fraction of sp³-hybridized carbons (Fsp3) is 0.690. The Balaban J connectivity index is 0.000000956. The Morgan fingerprint density at radius 3 is 0.667 bits per heavy atom. The van der Waals surface area contributed by atoms with E-state index in [0.717, 1.165) is 90.1 Å². The number of unbranched alkanes of at least 4 members (excludes halogenated alkanes) is 46. The second-order valence-corrected chi connectivity index (χ2v) is 27.9. The summed E-state index contributed by atoms with van der Waals surface area (Å²) in [7, 11) is 0. The van der Waals surface area contributed by atoms with Gasteiger partial charge in [0.1, 0.15) is 0 Å². The zero-order chi connectivity index (χ0) is 71.7. The molecule has 0 aliphatic rings. The van der Waals surface area contributed by atoms with Crippen molar-refractivity contribution >= 4 is 79.2 Å². The highest BCUT2D eigenvalue weighted by atomic mass is 16.4. The molecule has 99 heavy (non-hydrogen) atoms. The molecule has 15 nitrogen and oxygen atoms in total. The molecule has 0 aromatic heterocycles. The number of fused-ring (bicyclic) bond motifs is 2. The lowest BCUT2D eigenvalue weighted by molar-refractivity contribution is -0.122. The maximum atomic E-state index is 12.2. The van der Waals surface area contributed by atoms with Crippen LogP contribution in [-0.2, 0) is 9.59 Å². The van der Waals surface area contributed by atoms with Crippen LogP contribution < -0.4 is 38.1 Å². The van der Waals surface area contributed by atoms with E-state index < -0.39 is 24.2 Å². The van der Waals surface area contributed by atoms with Crippen molar-refractivity contribution in [2.75, 3.05) is 26.2 Å². The van der Waals surface area contributed by atoms with Crippen molar-refractivity contribution in [2.24, 2.45) is 11.5 Å². The van der Waals surface area contributed by atoms with Gasteiger partial charge in [-0.1, -0.05) is 369 Å². The third kappa shape index (κ3) is 49.7. The highest BCUT2D eigenvalue weighted by Gasteiger charge is 2.12. The number of primary amides is 2. The van der Waals surface area contributed by atoms with Crippen LogP contribution in [0.5, 0.6) is 0 Å². The van der Waals surface area contributed by atoms with E-state index in [0.29, 0.717) is 25.9 Å². The number of urea groups is 2. The molecule has 0 radical (unpaired) electrons. The van der Waals surface area contributed by atoms with Gasteiger partial charge in [0, 0.05) is 39.0 Å². The predicted molar refractivity (Wildman–Crippen MR) is 419 cm³/mol. The van der Waals surface area contributed by atoms with Gasteiger partial charge < -0.3 is 42.9 Å². The van der Waals surface area contributed by atoms with Crippen LogP contribution in [-0.4, -0.2) is 72.5 Å². The number of rotatable bonds is 58. The van der Waals surface area contributed by atoms with E-state index in [2.05, 4.69) is 125 Å². The lowest BCUT2D eigenvalue weighted by Crippen LogP contribution is -2.45. The van der Waals surface area contributed by atoms with Crippen LogP contribution in [0.2, 0.25) is 0 Å². The van der Waals surface area contributed by atoms with Crippen molar-refractivity contribution in [3.63, 3.8) is 0 Å². The Morgan fingerprint density at radius 1 is 0.273 bits per heavy atom. The first-order valence-electron chi connectivity index (χ1n) is 40.3. The second-order valence-electron chi connectivity index (χ2n) is 27.9. The molecule has 0 spiro atoms. The molecule has 0 saturated carbocycles. The number of carboxylic acid groups (broad SMARTS) is 2. The summed E-state index contributed by atoms with van der Waals surface area (Å²) < 4.78 is 0. The molecular weight excluding hydrogens is 1230 g/mol. The molecule has 5 rings (SSSR count). The van der Waals surface area contributed by atoms with Crippen LogP contribution in [0.4, 0.5) is 19.2 Å². The van der Waals surface area contributed by atoms with Crippen molar-refractivity contribution in [1.82, 2.24) is 26.6 Å². The van der Waals surface area contributed by atoms with Crippen LogP contribution in [0.25, 0.3) is 43.1 Å². The summed E-state index contributed by atoms with van der Waals surface area (Å²) in [5.74, 6) is 0.441. The number of carbonyl (C=O) groups excluding carboxylic acids is 4. The normalized spacial score (nSPS) is 11.0. The van der Waals surface area contributed by atoms with Crippen molar-refractivity contribution in [1.29, 1.82) is 0 Å². The van der Waals surface area contributed by atoms with E-state index >= 15 is 0 Å². The van der Waals surface area contributed by atoms with Gasteiger partial charge >= 0.3 is 24.2 Å². The van der Waals surface area contributed by atoms with Gasteiger partial charge in [0.15, 0.2) is 0 Å². The first-order valence-corrected chi connectivity index (χ1v) is 40.3. The summed E-state index contributed by atoms with van der Waals surface area (Å²) in [4.78, 5) is 66.1. The monoisotopic (exact) mass is 1380 g/mol. The fourth-order valence-corrected chi connectivity index (χ4v) is 13.4. The highest BCUT2D eigenvalue weighted by Crippen LogP contribution is 2.40. The average Bonchev–Trinajstić information content (AvgIpc) is 0.729. The topological polar surface area (TPSA) is 255 Å². The van der Waals surface area contributed by atoms with E-state index in [1.54, 1.807) is 0 Å². The van der Waals surface area contributed by atoms with Crippen LogP contribution >= 0.6 is 0 Å². The molecule has 0 aliphatic carbocycles. The Kier molecular flexibility index (Phi) is 57.1. The molecule has 0 unspecified atom stereocenters. The molecule has 0 heterocycles. The lowest BCUT2D eigenvalue weighted by atomic mass is 9.90. The minimum atomic E-state index is -1.33. The number of nitrogens with two attached hydrogens (primary N) is 2. The molecule has 0 atom stereocenters. The number of imide groups is 1. The number of benzene rings is 5. The van der Waals surface area contributed by atoms with Crippen LogP contribution in [0.15, 0.2) is 72.8 Å². The van der Waals surface area contributed by atoms with E-state index in [9.17, 15) is 19.2 Å². The van der Waals surface area contributed by atoms with Gasteiger partial charge in [0.25, 0.3) is 0 Å². The van der Waals surface area contributed by atoms with Crippen molar-refractivity contribution < 1.29 is 39.0 Å². The molecule has 0 saturated heterocycles. The lowest BCUT2D eigenvalue weighted by Gasteiger charge is -2.13. The van der Waals surface area contributed by atoms with Gasteiger partial charge in [-0.15, -0.1) is 0 Å². The molecular formula is C84H141N7O8. The number of hydrogen-bond donors (Lipinski definition) is 9. The van der Waals surface area contributed by atoms with E-state index in [1.807, 2.05) is 0 Å². The first-order chi connectivity index (χ1) is 48.4. The summed E-state index contributed by atoms with van der Waals surface area (Å²) in [6, 6.07) is 25.6. The minimum Gasteiger partial charge on any atom is -0.465 e. The first kappa shape index (κ1) is 88.7. The molecule has 5 aromatic rings. The van der Waals surface area contributed by atoms with Crippen molar-refractivity contribution in [3.8, 4) is 0 Å². The minimum absolute atomic E-state index is 0.221. The predicted octanol–water partition coefficient (Wildman–Crippen LogP) is 23.5. The van der Waals surface area contributed by atoms with Crippen LogP contribution in [0.1, 0.15) is 348 Å². The second kappa shape index (κ2) is 63.8. The van der Waals surface area contributed by atoms with Gasteiger partial charge in [-0.2, -0.15) is 0 Å². The van der Waals surface area contributed by atoms with Crippen LogP contribution in [0, 0.1) is 0 Å². The van der Waals surface area contributed by atoms with E-state index in [1.165, 1.54) is 287 Å². The fourth-order valence-electron chi connectivity index (χ4n) is 13.4. The average molecular weight is 1380 g/mol. The van der Waals surface area contributed by atoms with Gasteiger partial charge in [0.05, 0.1) is 0 Å². The van der Waals surface area contributed by atoms with Gasteiger partial charge in [-0.25, -0.2) is 19.2 Å². The van der Waals surface area contributed by atoms with E-state index in [4.69, 9.17) is 19.8 Å². The highest BCUT2D eigenvalue weighted by molar-refractivity contribution is 6.32. The summed E-state index contributed by atoms with van der Waals surface area (Å²) in [6.45, 7) is 7.40. The quantitative estimate of drug-likeness (QED) is 0.0103. The van der Waals surface area contributed by atoms with Gasteiger partial charge in [0.2, 0.25) is 11.8 Å². The molecule has 560 valence electrons. The third-order valence-electron chi connectivity index (χ3n) is 19.1. The maximum absolute atomic E-state index is 12.2. The summed E-state index contributed by atoms with van der Waals surface area (Å²) in [6.07, 6.45) is 62.7. The van der Waals surface area contributed by atoms with Crippen LogP contribution in [0.3, 0.4) is 0 Å². The summed E-state index contributed by atoms with van der Waals surface area (Å²) >= 11 is 0. The van der Waals surface area contributed by atoms with Gasteiger partial charge in [-0.05, 0) is 81.6 Å². The zero-order valence-electron chi connectivity index (χ0n) is 62.5. The number of amides is 8. The van der Waals surface area contributed by atoms with Crippen molar-refractivity contribution in [3.05, 3.63) is 72.8 Å².